The monoisotopic (exact) mass is 561 g/mol. The molecule has 0 aliphatic rings. The van der Waals surface area contributed by atoms with Crippen LogP contribution in [0.4, 0.5) is 0 Å². The van der Waals surface area contributed by atoms with Gasteiger partial charge in [0.2, 0.25) is 17.7 Å². The molecule has 10 heteroatoms. The van der Waals surface area contributed by atoms with Gasteiger partial charge in [-0.1, -0.05) is 79.9 Å². The molecule has 3 amide bonds. The Balaban J connectivity index is 2.00. The molecule has 0 aliphatic heterocycles. The van der Waals surface area contributed by atoms with Crippen molar-refractivity contribution in [2.75, 3.05) is 0 Å². The molecule has 2 aromatic carbocycles. The summed E-state index contributed by atoms with van der Waals surface area (Å²) in [7, 11) is 0. The summed E-state index contributed by atoms with van der Waals surface area (Å²) in [6.07, 6.45) is 4.49. The van der Waals surface area contributed by atoms with Crippen molar-refractivity contribution in [3.05, 3.63) is 91.0 Å². The summed E-state index contributed by atoms with van der Waals surface area (Å²) in [6, 6.07) is 13.2. The van der Waals surface area contributed by atoms with Crippen LogP contribution in [0, 0.1) is 0 Å². The van der Waals surface area contributed by atoms with Crippen LogP contribution in [0.15, 0.2) is 79.9 Å². The molecule has 216 valence electrons. The summed E-state index contributed by atoms with van der Waals surface area (Å²) in [5.74, 6) is -4.58. The Labute approximate surface area is 238 Å². The molecule has 6 N–H and O–H groups in total. The van der Waals surface area contributed by atoms with E-state index in [1.54, 1.807) is 12.2 Å². The van der Waals surface area contributed by atoms with Crippen molar-refractivity contribution < 1.29 is 34.2 Å². The van der Waals surface area contributed by atoms with E-state index in [1.807, 2.05) is 54.6 Å². The molecule has 0 aliphatic carbocycles. The molecule has 1 unspecified atom stereocenters. The number of benzene rings is 2. The maximum absolute atomic E-state index is 12.7. The molecule has 0 saturated heterocycles. The predicted molar refractivity (Wildman–Crippen MR) is 155 cm³/mol. The van der Waals surface area contributed by atoms with Gasteiger partial charge in [-0.05, 0) is 47.1 Å². The maximum atomic E-state index is 12.7. The molecule has 0 heterocycles. The van der Waals surface area contributed by atoms with Crippen LogP contribution in [0.25, 0.3) is 16.7 Å². The lowest BCUT2D eigenvalue weighted by Gasteiger charge is -2.21. The highest BCUT2D eigenvalue weighted by atomic mass is 16.4. The second kappa shape index (κ2) is 16.2. The largest absolute Gasteiger partial charge is 0.481 e. The average molecular weight is 562 g/mol. The number of nitrogens with two attached hydrogens (primary N) is 1. The summed E-state index contributed by atoms with van der Waals surface area (Å²) in [4.78, 5) is 58.9. The number of hydrogen-bond donors (Lipinski definition) is 5. The molecule has 0 aromatic heterocycles. The zero-order valence-corrected chi connectivity index (χ0v) is 22.7. The minimum Gasteiger partial charge on any atom is -0.481 e. The quantitative estimate of drug-likeness (QED) is 0.184. The molecule has 0 radical (unpaired) electrons. The van der Waals surface area contributed by atoms with Crippen molar-refractivity contribution in [1.82, 2.24) is 10.6 Å². The maximum Gasteiger partial charge on any atom is 0.303 e. The van der Waals surface area contributed by atoms with Crippen LogP contribution in [0.5, 0.6) is 0 Å². The first-order valence-electron chi connectivity index (χ1n) is 13.0. The summed E-state index contributed by atoms with van der Waals surface area (Å²) in [6.45, 7) is 7.54. The number of carboxylic acid groups (broad SMARTS) is 2. The van der Waals surface area contributed by atoms with Gasteiger partial charge in [-0.2, -0.15) is 0 Å². The van der Waals surface area contributed by atoms with Gasteiger partial charge in [0.25, 0.3) is 0 Å². The molecule has 2 rings (SSSR count). The molecule has 41 heavy (non-hydrogen) atoms. The fourth-order valence-corrected chi connectivity index (χ4v) is 4.01. The van der Waals surface area contributed by atoms with E-state index in [0.717, 1.165) is 27.8 Å². The van der Waals surface area contributed by atoms with Crippen LogP contribution < -0.4 is 16.4 Å². The number of rotatable bonds is 17. The topological polar surface area (TPSA) is 176 Å². The van der Waals surface area contributed by atoms with E-state index in [4.69, 9.17) is 15.9 Å². The Morgan fingerprint density at radius 2 is 1.32 bits per heavy atom. The Morgan fingerprint density at radius 1 is 0.780 bits per heavy atom. The van der Waals surface area contributed by atoms with Crippen LogP contribution in [0.3, 0.4) is 0 Å². The number of primary amides is 1. The number of aryl methyl sites for hydroxylation is 1. The highest BCUT2D eigenvalue weighted by molar-refractivity contribution is 5.92. The number of carboxylic acids is 2. The second-order valence-electron chi connectivity index (χ2n) is 9.28. The van der Waals surface area contributed by atoms with E-state index in [9.17, 15) is 24.0 Å². The standard InChI is InChI=1S/C31H35N3O7/c1-3-5-21(4-2)22-11-13-24(14-12-22)23-9-6-20(7-10-23)8-17-27(35)33-26(16-19-29(38)39)31(41)34-25(30(32)40)15-18-28(36)37/h3-7,9-14,25-26H,1-2,8,15-19H2,(H2,32,40)(H,33,35)(H,34,41)(H,36,37)(H,38,39)/b21-5+/t25?,26-/m0/s1. The number of allylic oxidation sites excluding steroid dienone is 4. The van der Waals surface area contributed by atoms with Crippen LogP contribution in [-0.2, 0) is 30.4 Å². The van der Waals surface area contributed by atoms with E-state index in [-0.39, 0.29) is 19.3 Å². The third-order valence-electron chi connectivity index (χ3n) is 6.27. The molecule has 10 nitrogen and oxygen atoms in total. The number of carbonyl (C=O) groups excluding carboxylic acids is 3. The van der Waals surface area contributed by atoms with E-state index < -0.39 is 54.6 Å². The van der Waals surface area contributed by atoms with E-state index in [1.165, 1.54) is 0 Å². The van der Waals surface area contributed by atoms with Gasteiger partial charge in [0.15, 0.2) is 0 Å². The Kier molecular flexibility index (Phi) is 12.7. The number of amides is 3. The summed E-state index contributed by atoms with van der Waals surface area (Å²) in [5.41, 5.74) is 10.1. The van der Waals surface area contributed by atoms with Crippen LogP contribution in [0.1, 0.15) is 43.2 Å². The molecule has 2 atom stereocenters. The van der Waals surface area contributed by atoms with Gasteiger partial charge in [-0.25, -0.2) is 0 Å². The lowest BCUT2D eigenvalue weighted by atomic mass is 9.98. The van der Waals surface area contributed by atoms with Gasteiger partial charge in [0, 0.05) is 19.3 Å². The van der Waals surface area contributed by atoms with Gasteiger partial charge in [-0.3, -0.25) is 24.0 Å². The number of hydrogen-bond acceptors (Lipinski definition) is 5. The van der Waals surface area contributed by atoms with Gasteiger partial charge >= 0.3 is 11.9 Å². The van der Waals surface area contributed by atoms with Crippen molar-refractivity contribution >= 4 is 35.2 Å². The summed E-state index contributed by atoms with van der Waals surface area (Å²) < 4.78 is 0. The van der Waals surface area contributed by atoms with Crippen molar-refractivity contribution in [2.24, 2.45) is 5.73 Å². The first kappa shape index (κ1) is 32.2. The Hall–Kier alpha value is -4.99. The van der Waals surface area contributed by atoms with Crippen molar-refractivity contribution in [3.8, 4) is 11.1 Å². The van der Waals surface area contributed by atoms with Crippen LogP contribution >= 0.6 is 0 Å². The average Bonchev–Trinajstić information content (AvgIpc) is 2.95. The minimum absolute atomic E-state index is 0.0309. The lowest BCUT2D eigenvalue weighted by molar-refractivity contribution is -0.139. The molecule has 0 bridgehead atoms. The highest BCUT2D eigenvalue weighted by Gasteiger charge is 2.26. The minimum atomic E-state index is -1.27. The molecular weight excluding hydrogens is 526 g/mol. The first-order chi connectivity index (χ1) is 19.5. The first-order valence-corrected chi connectivity index (χ1v) is 13.0. The number of nitrogens with one attached hydrogen (secondary N) is 2. The molecular formula is C31H35N3O7. The molecule has 0 fully saturated rings. The summed E-state index contributed by atoms with van der Waals surface area (Å²) in [5, 5.41) is 22.7. The van der Waals surface area contributed by atoms with Crippen molar-refractivity contribution in [2.45, 2.75) is 50.6 Å². The number of aliphatic carboxylic acids is 2. The smallest absolute Gasteiger partial charge is 0.303 e. The summed E-state index contributed by atoms with van der Waals surface area (Å²) >= 11 is 0. The van der Waals surface area contributed by atoms with E-state index in [2.05, 4.69) is 23.8 Å². The van der Waals surface area contributed by atoms with Gasteiger partial charge < -0.3 is 26.6 Å². The van der Waals surface area contributed by atoms with Crippen LogP contribution in [-0.4, -0.2) is 52.0 Å². The van der Waals surface area contributed by atoms with E-state index in [0.29, 0.717) is 6.42 Å². The zero-order valence-electron chi connectivity index (χ0n) is 22.7. The van der Waals surface area contributed by atoms with E-state index >= 15 is 0 Å². The fraction of sp³-hybridized carbons (Fsp3) is 0.258. The lowest BCUT2D eigenvalue weighted by Crippen LogP contribution is -2.53. The third-order valence-corrected chi connectivity index (χ3v) is 6.27. The Bertz CT molecular complexity index is 1300. The predicted octanol–water partition coefficient (Wildman–Crippen LogP) is 3.23. The number of carbonyl (C=O) groups is 5. The fourth-order valence-electron chi connectivity index (χ4n) is 4.01. The Morgan fingerprint density at radius 3 is 1.80 bits per heavy atom. The normalized spacial score (nSPS) is 12.4. The van der Waals surface area contributed by atoms with Gasteiger partial charge in [0.1, 0.15) is 12.1 Å². The highest BCUT2D eigenvalue weighted by Crippen LogP contribution is 2.24. The third kappa shape index (κ3) is 11.0. The molecule has 0 spiro atoms. The zero-order chi connectivity index (χ0) is 30.4. The SMILES string of the molecule is C=C/C=C(\C=C)c1ccc(-c2ccc(CCC(=O)N[C@@H](CCC(=O)O)C(=O)NC(CCC(=O)O)C(N)=O)cc2)cc1. The molecule has 0 saturated carbocycles. The second-order valence-corrected chi connectivity index (χ2v) is 9.28. The van der Waals surface area contributed by atoms with Gasteiger partial charge in [-0.15, -0.1) is 0 Å². The molecule has 2 aromatic rings. The van der Waals surface area contributed by atoms with Crippen molar-refractivity contribution in [3.63, 3.8) is 0 Å². The van der Waals surface area contributed by atoms with Crippen molar-refractivity contribution in [1.29, 1.82) is 0 Å². The van der Waals surface area contributed by atoms with Gasteiger partial charge in [0.05, 0.1) is 0 Å². The van der Waals surface area contributed by atoms with Crippen LogP contribution in [0.2, 0.25) is 0 Å².